The van der Waals surface area contributed by atoms with Crippen LogP contribution in [0.3, 0.4) is 0 Å². The lowest BCUT2D eigenvalue weighted by Crippen LogP contribution is -2.11. The summed E-state index contributed by atoms with van der Waals surface area (Å²) in [4.78, 5) is 15.7. The molecule has 272 valence electrons. The zero-order valence-electron chi connectivity index (χ0n) is 31.7. The molecule has 2 heterocycles. The van der Waals surface area contributed by atoms with E-state index in [4.69, 9.17) is 15.0 Å². The van der Waals surface area contributed by atoms with Crippen LogP contribution in [0.1, 0.15) is 33.9 Å². The summed E-state index contributed by atoms with van der Waals surface area (Å²) in [5.74, 6) is 2.32. The second kappa shape index (κ2) is 13.1. The van der Waals surface area contributed by atoms with E-state index >= 15 is 0 Å². The molecule has 0 fully saturated rings. The van der Waals surface area contributed by atoms with E-state index < -0.39 is 0 Å². The molecular weight excluding hydrogens is 705 g/mol. The first kappa shape index (κ1) is 32.8. The minimum Gasteiger partial charge on any atom is -0.313 e. The molecule has 0 aliphatic heterocycles. The van der Waals surface area contributed by atoms with Gasteiger partial charge < -0.3 is 4.57 Å². The fourth-order valence-electron chi connectivity index (χ4n) is 9.46. The van der Waals surface area contributed by atoms with Crippen LogP contribution in [0.25, 0.3) is 89.5 Å². The molecule has 0 amide bonds. The van der Waals surface area contributed by atoms with Gasteiger partial charge in [0, 0.05) is 51.4 Å². The van der Waals surface area contributed by atoms with Crippen molar-refractivity contribution in [3.63, 3.8) is 0 Å². The van der Waals surface area contributed by atoms with Crippen LogP contribution < -0.4 is 0 Å². The Balaban J connectivity index is 1.04. The number of para-hydroxylation sites is 1. The average molecular weight is 741 g/mol. The van der Waals surface area contributed by atoms with E-state index in [2.05, 4.69) is 193 Å². The Hall–Kier alpha value is -7.43. The van der Waals surface area contributed by atoms with Crippen molar-refractivity contribution < 1.29 is 0 Å². The average Bonchev–Trinajstić information content (AvgIpc) is 3.84. The van der Waals surface area contributed by atoms with Crippen molar-refractivity contribution in [3.8, 4) is 51.0 Å². The quantitative estimate of drug-likeness (QED) is 0.176. The predicted octanol–water partition coefficient (Wildman–Crippen LogP) is 13.0. The van der Waals surface area contributed by atoms with Crippen LogP contribution in [0.2, 0.25) is 0 Å². The number of allylic oxidation sites excluding steroid dienone is 1. The molecule has 2 aliphatic rings. The van der Waals surface area contributed by atoms with Gasteiger partial charge in [-0.1, -0.05) is 164 Å². The van der Waals surface area contributed by atoms with E-state index in [0.29, 0.717) is 23.4 Å². The van der Waals surface area contributed by atoms with Gasteiger partial charge in [-0.15, -0.1) is 0 Å². The third-order valence-corrected chi connectivity index (χ3v) is 12.2. The van der Waals surface area contributed by atoms with Crippen molar-refractivity contribution in [2.45, 2.75) is 18.8 Å². The maximum absolute atomic E-state index is 5.29. The summed E-state index contributed by atoms with van der Waals surface area (Å²) in [5.41, 5.74) is 14.5. The molecule has 2 aliphatic carbocycles. The Morgan fingerprint density at radius 2 is 1.12 bits per heavy atom. The van der Waals surface area contributed by atoms with Crippen LogP contribution in [0.5, 0.6) is 0 Å². The second-order valence-corrected chi connectivity index (χ2v) is 15.5. The largest absolute Gasteiger partial charge is 0.313 e. The molecule has 0 spiro atoms. The van der Waals surface area contributed by atoms with E-state index in [1.807, 2.05) is 0 Å². The minimum atomic E-state index is 0.315. The summed E-state index contributed by atoms with van der Waals surface area (Å²) < 4.78 is 2.55. The standard InChI is InChI=1S/C54H36N4/c1-2-12-34(13-3-1)39-28-29-44-43-19-8-9-22-48(43)58(50(44)33-39)49-23-11-20-45-47(49)32-40-18-10-21-46(51(40)45)54-56-52(41-26-24-35-14-4-6-16-37(35)30-41)55-53(57-54)42-27-25-36-15-5-7-17-38(36)31-42/h1-31,39H,32-33H2. The van der Waals surface area contributed by atoms with Crippen molar-refractivity contribution in [2.24, 2.45) is 0 Å². The topological polar surface area (TPSA) is 43.6 Å². The van der Waals surface area contributed by atoms with E-state index in [1.54, 1.807) is 0 Å². The lowest BCUT2D eigenvalue weighted by atomic mass is 9.88. The molecule has 1 unspecified atom stereocenters. The molecule has 0 saturated heterocycles. The Kier molecular flexibility index (Phi) is 7.39. The molecule has 12 rings (SSSR count). The van der Waals surface area contributed by atoms with Crippen LogP contribution in [0, 0.1) is 0 Å². The van der Waals surface area contributed by atoms with Gasteiger partial charge in [-0.2, -0.15) is 0 Å². The van der Waals surface area contributed by atoms with Gasteiger partial charge in [-0.05, 0) is 80.0 Å². The summed E-state index contributed by atoms with van der Waals surface area (Å²) in [5, 5.41) is 5.98. The molecule has 10 aromatic rings. The van der Waals surface area contributed by atoms with Gasteiger partial charge >= 0.3 is 0 Å². The first-order valence-corrected chi connectivity index (χ1v) is 20.1. The molecule has 1 atom stereocenters. The minimum absolute atomic E-state index is 0.315. The smallest absolute Gasteiger partial charge is 0.164 e. The monoisotopic (exact) mass is 740 g/mol. The van der Waals surface area contributed by atoms with Crippen LogP contribution >= 0.6 is 0 Å². The molecular formula is C54H36N4. The normalized spacial score (nSPS) is 14.2. The number of aromatic nitrogens is 4. The Bertz CT molecular complexity index is 3200. The van der Waals surface area contributed by atoms with Gasteiger partial charge in [-0.3, -0.25) is 0 Å². The molecule has 0 radical (unpaired) electrons. The van der Waals surface area contributed by atoms with Crippen LogP contribution in [-0.4, -0.2) is 19.5 Å². The molecule has 8 aromatic carbocycles. The Morgan fingerprint density at radius 1 is 0.500 bits per heavy atom. The van der Waals surface area contributed by atoms with Crippen LogP contribution in [0.4, 0.5) is 0 Å². The fraction of sp³-hybridized carbons (Fsp3) is 0.0556. The highest BCUT2D eigenvalue weighted by Crippen LogP contribution is 2.47. The van der Waals surface area contributed by atoms with Crippen molar-refractivity contribution >= 4 is 38.5 Å². The Morgan fingerprint density at radius 3 is 1.86 bits per heavy atom. The highest BCUT2D eigenvalue weighted by atomic mass is 15.0. The van der Waals surface area contributed by atoms with E-state index in [0.717, 1.165) is 40.3 Å². The summed E-state index contributed by atoms with van der Waals surface area (Å²) in [6.07, 6.45) is 6.51. The maximum atomic E-state index is 5.29. The number of fused-ring (bicyclic) bond motifs is 8. The first-order valence-electron chi connectivity index (χ1n) is 20.1. The highest BCUT2D eigenvalue weighted by Gasteiger charge is 2.30. The number of hydrogen-bond donors (Lipinski definition) is 0. The van der Waals surface area contributed by atoms with Crippen molar-refractivity contribution in [3.05, 3.63) is 210 Å². The van der Waals surface area contributed by atoms with E-state index in [-0.39, 0.29) is 0 Å². The summed E-state index contributed by atoms with van der Waals surface area (Å²) in [7, 11) is 0. The fourth-order valence-corrected chi connectivity index (χ4v) is 9.46. The molecule has 58 heavy (non-hydrogen) atoms. The third kappa shape index (κ3) is 5.26. The predicted molar refractivity (Wildman–Crippen MR) is 238 cm³/mol. The highest BCUT2D eigenvalue weighted by molar-refractivity contribution is 5.96. The van der Waals surface area contributed by atoms with Gasteiger partial charge in [0.2, 0.25) is 0 Å². The van der Waals surface area contributed by atoms with Gasteiger partial charge in [0.05, 0.1) is 5.52 Å². The number of rotatable bonds is 5. The third-order valence-electron chi connectivity index (χ3n) is 12.2. The number of hydrogen-bond acceptors (Lipinski definition) is 3. The Labute approximate surface area is 336 Å². The number of nitrogens with zero attached hydrogens (tertiary/aromatic N) is 4. The lowest BCUT2D eigenvalue weighted by molar-refractivity contribution is 0.781. The maximum Gasteiger partial charge on any atom is 0.164 e. The molecule has 0 N–H and O–H groups in total. The summed E-state index contributed by atoms with van der Waals surface area (Å²) >= 11 is 0. The second-order valence-electron chi connectivity index (χ2n) is 15.5. The SMILES string of the molecule is C1=CC(c2ccccc2)Cc2c1c1ccccc1n2-c1cccc2c1Cc1cccc(-c3nc(-c4ccc5ccccc5c4)nc(-c4ccc5ccccc5c4)n3)c1-2. The lowest BCUT2D eigenvalue weighted by Gasteiger charge is -2.22. The summed E-state index contributed by atoms with van der Waals surface area (Å²) in [6, 6.07) is 63.1. The van der Waals surface area contributed by atoms with Crippen LogP contribution in [0.15, 0.2) is 182 Å². The molecule has 2 aromatic heterocycles. The van der Waals surface area contributed by atoms with Crippen LogP contribution in [-0.2, 0) is 12.8 Å². The van der Waals surface area contributed by atoms with E-state index in [1.165, 1.54) is 66.4 Å². The van der Waals surface area contributed by atoms with Gasteiger partial charge in [0.25, 0.3) is 0 Å². The summed E-state index contributed by atoms with van der Waals surface area (Å²) in [6.45, 7) is 0. The zero-order valence-corrected chi connectivity index (χ0v) is 31.7. The first-order chi connectivity index (χ1) is 28.7. The molecule has 4 nitrogen and oxygen atoms in total. The molecule has 0 saturated carbocycles. The van der Waals surface area contributed by atoms with E-state index in [9.17, 15) is 0 Å². The van der Waals surface area contributed by atoms with Gasteiger partial charge in [-0.25, -0.2) is 15.0 Å². The van der Waals surface area contributed by atoms with Crippen molar-refractivity contribution in [1.29, 1.82) is 0 Å². The number of benzene rings is 8. The van der Waals surface area contributed by atoms with Gasteiger partial charge in [0.1, 0.15) is 0 Å². The van der Waals surface area contributed by atoms with Crippen molar-refractivity contribution in [1.82, 2.24) is 19.5 Å². The van der Waals surface area contributed by atoms with Gasteiger partial charge in [0.15, 0.2) is 17.5 Å². The van der Waals surface area contributed by atoms with Crippen molar-refractivity contribution in [2.75, 3.05) is 0 Å². The molecule has 0 bridgehead atoms. The zero-order chi connectivity index (χ0) is 38.2. The molecule has 4 heteroatoms.